The minimum absolute atomic E-state index is 0.188. The van der Waals surface area contributed by atoms with Crippen LogP contribution in [0.2, 0.25) is 0 Å². The van der Waals surface area contributed by atoms with E-state index >= 15 is 0 Å². The monoisotopic (exact) mass is 337 g/mol. The number of nitrogens with one attached hydrogen (secondary N) is 1. The molecule has 8 nitrogen and oxygen atoms in total. The molecule has 4 rings (SSSR count). The summed E-state index contributed by atoms with van der Waals surface area (Å²) in [6, 6.07) is 7.19. The number of benzene rings is 1. The normalized spacial score (nSPS) is 21.8. The van der Waals surface area contributed by atoms with Gasteiger partial charge in [0.1, 0.15) is 18.5 Å². The number of hydrogen-bond donors (Lipinski definition) is 1. The molecule has 0 radical (unpaired) electrons. The first-order valence-electron chi connectivity index (χ1n) is 7.23. The molecule has 23 heavy (non-hydrogen) atoms. The van der Waals surface area contributed by atoms with Gasteiger partial charge >= 0.3 is 0 Å². The maximum Gasteiger partial charge on any atom is 0.216 e. The van der Waals surface area contributed by atoms with Crippen LogP contribution in [0.1, 0.15) is 18.7 Å². The van der Waals surface area contributed by atoms with Crippen LogP contribution < -0.4 is 14.2 Å². The minimum atomic E-state index is -3.58. The highest BCUT2D eigenvalue weighted by molar-refractivity contribution is 7.89. The molecule has 122 valence electrons. The van der Waals surface area contributed by atoms with Crippen molar-refractivity contribution >= 4 is 10.0 Å². The Balaban J connectivity index is 1.45. The van der Waals surface area contributed by atoms with Gasteiger partial charge in [-0.2, -0.15) is 4.98 Å². The molecule has 0 amide bonds. The summed E-state index contributed by atoms with van der Waals surface area (Å²) in [5.41, 5.74) is -0.737. The molecule has 0 bridgehead atoms. The van der Waals surface area contributed by atoms with E-state index in [1.54, 1.807) is 12.1 Å². The van der Waals surface area contributed by atoms with E-state index in [1.165, 1.54) is 6.39 Å². The summed E-state index contributed by atoms with van der Waals surface area (Å²) in [4.78, 5) is 3.95. The summed E-state index contributed by atoms with van der Waals surface area (Å²) in [6.07, 6.45) is 1.93. The molecule has 1 aromatic heterocycles. The van der Waals surface area contributed by atoms with E-state index in [0.29, 0.717) is 30.2 Å². The molecule has 1 atom stereocenters. The van der Waals surface area contributed by atoms with Crippen molar-refractivity contribution in [3.63, 3.8) is 0 Å². The number of ether oxygens (including phenoxy) is 2. The van der Waals surface area contributed by atoms with Gasteiger partial charge in [-0.15, -0.1) is 0 Å². The van der Waals surface area contributed by atoms with Gasteiger partial charge in [0.05, 0.1) is 5.54 Å². The lowest BCUT2D eigenvalue weighted by molar-refractivity contribution is 0.106. The van der Waals surface area contributed by atoms with Crippen molar-refractivity contribution < 1.29 is 22.4 Å². The fourth-order valence-electron chi connectivity index (χ4n) is 2.61. The zero-order valence-corrected chi connectivity index (χ0v) is 13.0. The average molecular weight is 337 g/mol. The number of sulfonamides is 1. The minimum Gasteiger partial charge on any atom is -0.486 e. The Morgan fingerprint density at radius 1 is 1.26 bits per heavy atom. The first kappa shape index (κ1) is 14.5. The Morgan fingerprint density at radius 3 is 2.74 bits per heavy atom. The summed E-state index contributed by atoms with van der Waals surface area (Å²) in [5, 5.41) is 3.74. The van der Waals surface area contributed by atoms with Gasteiger partial charge in [-0.3, -0.25) is 0 Å². The molecule has 1 aliphatic carbocycles. The third-order valence-electron chi connectivity index (χ3n) is 3.86. The molecule has 1 N–H and O–H groups in total. The van der Waals surface area contributed by atoms with Crippen molar-refractivity contribution in [2.75, 3.05) is 12.4 Å². The first-order valence-corrected chi connectivity index (χ1v) is 8.89. The molecule has 9 heteroatoms. The van der Waals surface area contributed by atoms with E-state index < -0.39 is 21.7 Å². The second-order valence-corrected chi connectivity index (χ2v) is 7.48. The zero-order chi connectivity index (χ0) is 15.9. The van der Waals surface area contributed by atoms with Gasteiger partial charge in [0.2, 0.25) is 16.4 Å². The summed E-state index contributed by atoms with van der Waals surface area (Å²) < 4.78 is 43.5. The second kappa shape index (κ2) is 5.20. The summed E-state index contributed by atoms with van der Waals surface area (Å²) in [6.45, 7) is 0.188. The molecule has 1 fully saturated rings. The van der Waals surface area contributed by atoms with Crippen molar-refractivity contribution in [3.05, 3.63) is 36.5 Å². The number of nitrogens with zero attached hydrogens (tertiary/aromatic N) is 2. The van der Waals surface area contributed by atoms with Crippen molar-refractivity contribution in [2.24, 2.45) is 0 Å². The maximum atomic E-state index is 12.4. The standard InChI is InChI=1S/C14H15N3O5S/c18-23(19,17-14(5-6-14)13-15-9-21-16-13)8-10-7-20-11-3-1-2-4-12(11)22-10/h1-4,9-10,17H,5-8H2. The molecule has 1 saturated carbocycles. The van der Waals surface area contributed by atoms with Gasteiger partial charge in [0.15, 0.2) is 17.3 Å². The van der Waals surface area contributed by atoms with Gasteiger partial charge in [0.25, 0.3) is 0 Å². The quantitative estimate of drug-likeness (QED) is 0.861. The molecule has 1 aromatic carbocycles. The third kappa shape index (κ3) is 2.89. The Hall–Kier alpha value is -2.13. The van der Waals surface area contributed by atoms with Gasteiger partial charge < -0.3 is 14.0 Å². The SMILES string of the molecule is O=S(=O)(CC1COc2ccccc2O1)NC1(c2ncon2)CC1. The first-order chi connectivity index (χ1) is 11.1. The van der Waals surface area contributed by atoms with Gasteiger partial charge in [-0.05, 0) is 25.0 Å². The smallest absolute Gasteiger partial charge is 0.216 e. The molecule has 0 saturated heterocycles. The van der Waals surface area contributed by atoms with Crippen molar-refractivity contribution in [2.45, 2.75) is 24.5 Å². The van der Waals surface area contributed by atoms with E-state index in [-0.39, 0.29) is 12.4 Å². The lowest BCUT2D eigenvalue weighted by Crippen LogP contribution is -2.43. The van der Waals surface area contributed by atoms with Crippen LogP contribution in [0.5, 0.6) is 11.5 Å². The van der Waals surface area contributed by atoms with Crippen LogP contribution in [-0.2, 0) is 15.6 Å². The van der Waals surface area contributed by atoms with Gasteiger partial charge in [0, 0.05) is 0 Å². The van der Waals surface area contributed by atoms with Crippen LogP contribution in [0.3, 0.4) is 0 Å². The van der Waals surface area contributed by atoms with Crippen LogP contribution >= 0.6 is 0 Å². The predicted octanol–water partition coefficient (Wildman–Crippen LogP) is 0.818. The summed E-state index contributed by atoms with van der Waals surface area (Å²) in [5.74, 6) is 1.35. The number of para-hydroxylation sites is 2. The Kier molecular flexibility index (Phi) is 3.27. The molecule has 1 aliphatic heterocycles. The topological polar surface area (TPSA) is 104 Å². The molecule has 2 heterocycles. The van der Waals surface area contributed by atoms with Crippen LogP contribution in [0.4, 0.5) is 0 Å². The largest absolute Gasteiger partial charge is 0.486 e. The summed E-state index contributed by atoms with van der Waals surface area (Å²) >= 11 is 0. The van der Waals surface area contributed by atoms with E-state index in [1.807, 2.05) is 12.1 Å². The molecular formula is C14H15N3O5S. The van der Waals surface area contributed by atoms with Crippen molar-refractivity contribution in [1.82, 2.24) is 14.9 Å². The van der Waals surface area contributed by atoms with Crippen molar-refractivity contribution in [3.8, 4) is 11.5 Å². The second-order valence-electron chi connectivity index (χ2n) is 5.72. The lowest BCUT2D eigenvalue weighted by Gasteiger charge is -2.26. The number of hydrogen-bond acceptors (Lipinski definition) is 7. The van der Waals surface area contributed by atoms with E-state index in [9.17, 15) is 8.42 Å². The van der Waals surface area contributed by atoms with Crippen LogP contribution in [0, 0.1) is 0 Å². The highest BCUT2D eigenvalue weighted by atomic mass is 32.2. The fourth-order valence-corrected chi connectivity index (χ4v) is 4.23. The molecule has 0 spiro atoms. The predicted molar refractivity (Wildman–Crippen MR) is 78.5 cm³/mol. The Bertz CT molecular complexity index is 802. The fraction of sp³-hybridized carbons (Fsp3) is 0.429. The molecule has 1 unspecified atom stereocenters. The summed E-state index contributed by atoms with van der Waals surface area (Å²) in [7, 11) is -3.58. The van der Waals surface area contributed by atoms with E-state index in [2.05, 4.69) is 14.9 Å². The molecular weight excluding hydrogens is 322 g/mol. The Labute approximate surface area is 132 Å². The van der Waals surface area contributed by atoms with Crippen molar-refractivity contribution in [1.29, 1.82) is 0 Å². The Morgan fingerprint density at radius 2 is 2.04 bits per heavy atom. The average Bonchev–Trinajstić information content (AvgIpc) is 3.08. The molecule has 2 aromatic rings. The third-order valence-corrected chi connectivity index (χ3v) is 5.38. The molecule has 2 aliphatic rings. The van der Waals surface area contributed by atoms with Crippen LogP contribution in [0.15, 0.2) is 35.2 Å². The maximum absolute atomic E-state index is 12.4. The number of aromatic nitrogens is 2. The van der Waals surface area contributed by atoms with E-state index in [4.69, 9.17) is 14.0 Å². The van der Waals surface area contributed by atoms with Gasteiger partial charge in [-0.25, -0.2) is 13.1 Å². The lowest BCUT2D eigenvalue weighted by atomic mass is 10.3. The highest BCUT2D eigenvalue weighted by Crippen LogP contribution is 2.44. The van der Waals surface area contributed by atoms with Crippen LogP contribution in [0.25, 0.3) is 0 Å². The highest BCUT2D eigenvalue weighted by Gasteiger charge is 2.51. The van der Waals surface area contributed by atoms with Gasteiger partial charge in [-0.1, -0.05) is 17.3 Å². The number of rotatable bonds is 5. The van der Waals surface area contributed by atoms with Crippen LogP contribution in [-0.4, -0.2) is 37.0 Å². The number of fused-ring (bicyclic) bond motifs is 1. The van der Waals surface area contributed by atoms with E-state index in [0.717, 1.165) is 0 Å². The zero-order valence-electron chi connectivity index (χ0n) is 12.1.